The Labute approximate surface area is 171 Å². The van der Waals surface area contributed by atoms with E-state index in [0.717, 1.165) is 42.3 Å². The Hall–Kier alpha value is -2.38. The van der Waals surface area contributed by atoms with Crippen LogP contribution in [0.3, 0.4) is 0 Å². The Morgan fingerprint density at radius 1 is 1.32 bits per heavy atom. The number of carbonyl (C=O) groups excluding carboxylic acids is 2. The quantitative estimate of drug-likeness (QED) is 0.622. The van der Waals surface area contributed by atoms with E-state index >= 15 is 0 Å². The zero-order chi connectivity index (χ0) is 19.7. The van der Waals surface area contributed by atoms with Gasteiger partial charge in [-0.1, -0.05) is 11.6 Å². The van der Waals surface area contributed by atoms with Crippen LogP contribution in [-0.2, 0) is 28.9 Å². The summed E-state index contributed by atoms with van der Waals surface area (Å²) in [4.78, 5) is 30.7. The highest BCUT2D eigenvalue weighted by atomic mass is 35.5. The fraction of sp³-hybridized carbons (Fsp3) is 0.350. The molecule has 0 unspecified atom stereocenters. The lowest BCUT2D eigenvalue weighted by Crippen LogP contribution is -2.20. The standard InChI is InChI=1S/C20H20ClN3O3S/c1-2-27-20(26)18-13-5-3-4-6-16(13)28-19(18)23-17(25)10-24-11-22-14-8-7-12(21)9-15(14)24/h7-9,11H,2-6,10H2,1H3,(H,23,25). The van der Waals surface area contributed by atoms with Gasteiger partial charge in [0.2, 0.25) is 5.91 Å². The highest BCUT2D eigenvalue weighted by molar-refractivity contribution is 7.17. The van der Waals surface area contributed by atoms with E-state index in [2.05, 4.69) is 10.3 Å². The number of hydrogen-bond donors (Lipinski definition) is 1. The van der Waals surface area contributed by atoms with Crippen molar-refractivity contribution < 1.29 is 14.3 Å². The second-order valence-corrected chi connectivity index (χ2v) is 8.23. The summed E-state index contributed by atoms with van der Waals surface area (Å²) in [7, 11) is 0. The zero-order valence-corrected chi connectivity index (χ0v) is 17.0. The predicted octanol–water partition coefficient (Wildman–Crippen LogP) is 4.45. The first-order valence-corrected chi connectivity index (χ1v) is 10.5. The third-order valence-corrected chi connectivity index (χ3v) is 6.24. The van der Waals surface area contributed by atoms with Crippen molar-refractivity contribution in [2.45, 2.75) is 39.2 Å². The van der Waals surface area contributed by atoms with Crippen molar-refractivity contribution in [3.8, 4) is 0 Å². The first-order chi connectivity index (χ1) is 13.6. The Bertz CT molecular complexity index is 1060. The van der Waals surface area contributed by atoms with Crippen LogP contribution in [0.2, 0.25) is 5.02 Å². The molecule has 0 atom stereocenters. The van der Waals surface area contributed by atoms with E-state index in [1.54, 1.807) is 30.0 Å². The van der Waals surface area contributed by atoms with E-state index in [-0.39, 0.29) is 18.4 Å². The molecule has 0 saturated carbocycles. The highest BCUT2D eigenvalue weighted by Crippen LogP contribution is 2.38. The molecule has 0 bridgehead atoms. The molecule has 2 heterocycles. The topological polar surface area (TPSA) is 73.2 Å². The lowest BCUT2D eigenvalue weighted by Gasteiger charge is -2.12. The number of aromatic nitrogens is 2. The van der Waals surface area contributed by atoms with E-state index in [9.17, 15) is 9.59 Å². The monoisotopic (exact) mass is 417 g/mol. The van der Waals surface area contributed by atoms with Gasteiger partial charge in [0, 0.05) is 9.90 Å². The molecule has 1 aromatic carbocycles. The predicted molar refractivity (Wildman–Crippen MR) is 110 cm³/mol. The molecule has 1 aliphatic rings. The average Bonchev–Trinajstić information content (AvgIpc) is 3.22. The number of amides is 1. The van der Waals surface area contributed by atoms with Gasteiger partial charge in [0.1, 0.15) is 11.5 Å². The maximum Gasteiger partial charge on any atom is 0.341 e. The number of thiophene rings is 1. The molecule has 1 aliphatic carbocycles. The SMILES string of the molecule is CCOC(=O)c1c(NC(=O)Cn2cnc3ccc(Cl)cc32)sc2c1CCCC2. The van der Waals surface area contributed by atoms with Crippen molar-refractivity contribution in [2.75, 3.05) is 11.9 Å². The molecule has 28 heavy (non-hydrogen) atoms. The van der Waals surface area contributed by atoms with Crippen molar-refractivity contribution >= 4 is 50.8 Å². The van der Waals surface area contributed by atoms with Crippen molar-refractivity contribution in [1.82, 2.24) is 9.55 Å². The minimum atomic E-state index is -0.364. The molecule has 0 spiro atoms. The van der Waals surface area contributed by atoms with Gasteiger partial charge in [0.05, 0.1) is 29.5 Å². The number of ether oxygens (including phenoxy) is 1. The number of nitrogens with one attached hydrogen (secondary N) is 1. The highest BCUT2D eigenvalue weighted by Gasteiger charge is 2.27. The van der Waals surface area contributed by atoms with E-state index in [1.807, 2.05) is 6.07 Å². The molecular formula is C20H20ClN3O3S. The molecule has 146 valence electrons. The number of benzene rings is 1. The number of carbonyl (C=O) groups is 2. The third kappa shape index (κ3) is 3.64. The summed E-state index contributed by atoms with van der Waals surface area (Å²) in [6.07, 6.45) is 5.55. The summed E-state index contributed by atoms with van der Waals surface area (Å²) in [6, 6.07) is 5.37. The van der Waals surface area contributed by atoms with Gasteiger partial charge < -0.3 is 14.6 Å². The van der Waals surface area contributed by atoms with Crippen LogP contribution in [0.25, 0.3) is 11.0 Å². The fourth-order valence-corrected chi connectivity index (χ4v) is 5.01. The largest absolute Gasteiger partial charge is 0.462 e. The number of esters is 1. The molecule has 0 fully saturated rings. The molecule has 0 saturated heterocycles. The van der Waals surface area contributed by atoms with Gasteiger partial charge in [0.15, 0.2) is 0 Å². The molecule has 6 nitrogen and oxygen atoms in total. The summed E-state index contributed by atoms with van der Waals surface area (Å²) >= 11 is 7.55. The molecule has 8 heteroatoms. The van der Waals surface area contributed by atoms with E-state index in [0.29, 0.717) is 22.2 Å². The summed E-state index contributed by atoms with van der Waals surface area (Å²) in [5, 5.41) is 4.09. The van der Waals surface area contributed by atoms with Crippen molar-refractivity contribution in [3.05, 3.63) is 45.6 Å². The minimum Gasteiger partial charge on any atom is -0.462 e. The molecule has 2 aromatic heterocycles. The van der Waals surface area contributed by atoms with E-state index in [1.165, 1.54) is 16.2 Å². The number of aryl methyl sites for hydroxylation is 1. The number of anilines is 1. The molecule has 1 N–H and O–H groups in total. The van der Waals surface area contributed by atoms with Crippen molar-refractivity contribution in [3.63, 3.8) is 0 Å². The van der Waals surface area contributed by atoms with Crippen LogP contribution in [0.15, 0.2) is 24.5 Å². The molecule has 3 aromatic rings. The van der Waals surface area contributed by atoms with Crippen LogP contribution < -0.4 is 5.32 Å². The van der Waals surface area contributed by atoms with Crippen LogP contribution in [0, 0.1) is 0 Å². The zero-order valence-electron chi connectivity index (χ0n) is 15.5. The molecule has 4 rings (SSSR count). The first-order valence-electron chi connectivity index (χ1n) is 9.28. The lowest BCUT2D eigenvalue weighted by atomic mass is 9.95. The summed E-state index contributed by atoms with van der Waals surface area (Å²) in [5.41, 5.74) is 3.12. The van der Waals surface area contributed by atoms with Crippen LogP contribution in [0.4, 0.5) is 5.00 Å². The van der Waals surface area contributed by atoms with Gasteiger partial charge in [-0.2, -0.15) is 0 Å². The van der Waals surface area contributed by atoms with E-state index in [4.69, 9.17) is 16.3 Å². The number of rotatable bonds is 5. The van der Waals surface area contributed by atoms with Crippen LogP contribution in [-0.4, -0.2) is 28.0 Å². The number of nitrogens with zero attached hydrogens (tertiary/aromatic N) is 2. The maximum atomic E-state index is 12.7. The van der Waals surface area contributed by atoms with Gasteiger partial charge in [0.25, 0.3) is 0 Å². The minimum absolute atomic E-state index is 0.0850. The number of hydrogen-bond acceptors (Lipinski definition) is 5. The Morgan fingerprint density at radius 3 is 2.96 bits per heavy atom. The van der Waals surface area contributed by atoms with Gasteiger partial charge >= 0.3 is 5.97 Å². The second-order valence-electron chi connectivity index (χ2n) is 6.69. The van der Waals surface area contributed by atoms with Crippen LogP contribution in [0.1, 0.15) is 40.6 Å². The molecule has 1 amide bonds. The first kappa shape index (κ1) is 19.0. The molecule has 0 aliphatic heterocycles. The van der Waals surface area contributed by atoms with Crippen molar-refractivity contribution in [2.24, 2.45) is 0 Å². The summed E-state index contributed by atoms with van der Waals surface area (Å²) in [6.45, 7) is 2.17. The Balaban J connectivity index is 1.59. The number of fused-ring (bicyclic) bond motifs is 2. The fourth-order valence-electron chi connectivity index (χ4n) is 3.55. The van der Waals surface area contributed by atoms with Gasteiger partial charge in [-0.3, -0.25) is 4.79 Å². The summed E-state index contributed by atoms with van der Waals surface area (Å²) in [5.74, 6) is -0.583. The smallest absolute Gasteiger partial charge is 0.341 e. The molecular weight excluding hydrogens is 398 g/mol. The Kier molecular flexibility index (Phi) is 5.37. The van der Waals surface area contributed by atoms with Crippen molar-refractivity contribution in [1.29, 1.82) is 0 Å². The Morgan fingerprint density at radius 2 is 2.14 bits per heavy atom. The third-order valence-electron chi connectivity index (χ3n) is 4.80. The average molecular weight is 418 g/mol. The second kappa shape index (κ2) is 7.93. The lowest BCUT2D eigenvalue weighted by molar-refractivity contribution is -0.116. The maximum absolute atomic E-state index is 12.7. The summed E-state index contributed by atoms with van der Waals surface area (Å²) < 4.78 is 6.98. The van der Waals surface area contributed by atoms with Crippen LogP contribution in [0.5, 0.6) is 0 Å². The number of imidazole rings is 1. The van der Waals surface area contributed by atoms with Gasteiger partial charge in [-0.25, -0.2) is 9.78 Å². The van der Waals surface area contributed by atoms with E-state index < -0.39 is 0 Å². The van der Waals surface area contributed by atoms with Gasteiger partial charge in [-0.05, 0) is 56.4 Å². The normalized spacial score (nSPS) is 13.4. The molecule has 0 radical (unpaired) electrons. The number of halogens is 1. The van der Waals surface area contributed by atoms with Gasteiger partial charge in [-0.15, -0.1) is 11.3 Å². The van der Waals surface area contributed by atoms with Crippen LogP contribution >= 0.6 is 22.9 Å².